The van der Waals surface area contributed by atoms with Gasteiger partial charge in [0.25, 0.3) is 0 Å². The third-order valence-corrected chi connectivity index (χ3v) is 9.10. The van der Waals surface area contributed by atoms with Gasteiger partial charge in [0, 0.05) is 38.2 Å². The highest BCUT2D eigenvalue weighted by Gasteiger charge is 2.15. The largest absolute Gasteiger partial charge is 0.247 e. The van der Waals surface area contributed by atoms with Crippen molar-refractivity contribution in [2.75, 3.05) is 0 Å². The van der Waals surface area contributed by atoms with Crippen molar-refractivity contribution in [1.82, 2.24) is 15.0 Å². The molecule has 0 aliphatic carbocycles. The number of hydrogen-bond acceptors (Lipinski definition) is 3. The number of rotatable bonds is 5. The first-order valence-electron chi connectivity index (χ1n) is 16.2. The smallest absolute Gasteiger partial charge is 0.160 e. The number of nitrogens with zero attached hydrogens (tertiary/aromatic N) is 3. The molecule has 9 aromatic rings. The number of fused-ring (bicyclic) bond motifs is 4. The molecule has 0 aliphatic heterocycles. The number of aromatic nitrogens is 3. The molecule has 7 aromatic carbocycles. The van der Waals surface area contributed by atoms with Gasteiger partial charge in [0.05, 0.1) is 22.4 Å². The van der Waals surface area contributed by atoms with Crippen molar-refractivity contribution in [3.8, 4) is 56.2 Å². The van der Waals surface area contributed by atoms with Gasteiger partial charge in [-0.3, -0.25) is 0 Å². The Labute approximate surface area is 278 Å². The third kappa shape index (κ3) is 4.90. The monoisotopic (exact) mass is 611 g/mol. The van der Waals surface area contributed by atoms with Crippen molar-refractivity contribution in [3.63, 3.8) is 0 Å². The molecule has 0 unspecified atom stereocenters. The fourth-order valence-electron chi connectivity index (χ4n) is 6.74. The summed E-state index contributed by atoms with van der Waals surface area (Å²) in [7, 11) is 0. The molecule has 3 heteroatoms. The average Bonchev–Trinajstić information content (AvgIpc) is 3.18. The second-order valence-electron chi connectivity index (χ2n) is 12.0. The Bertz CT molecular complexity index is 2580. The summed E-state index contributed by atoms with van der Waals surface area (Å²) in [5, 5.41) is 4.60. The molecule has 48 heavy (non-hydrogen) atoms. The van der Waals surface area contributed by atoms with Crippen LogP contribution in [0, 0.1) is 0 Å². The summed E-state index contributed by atoms with van der Waals surface area (Å²) < 4.78 is 0. The highest BCUT2D eigenvalue weighted by Crippen LogP contribution is 2.39. The maximum absolute atomic E-state index is 5.19. The normalized spacial score (nSPS) is 11.3. The average molecular weight is 612 g/mol. The number of pyridine rings is 1. The quantitative estimate of drug-likeness (QED) is 0.182. The molecule has 0 spiro atoms. The Morgan fingerprint density at radius 1 is 0.271 bits per heavy atom. The Kier molecular flexibility index (Phi) is 6.80. The summed E-state index contributed by atoms with van der Waals surface area (Å²) in [6.45, 7) is 0. The zero-order valence-corrected chi connectivity index (χ0v) is 26.1. The summed E-state index contributed by atoms with van der Waals surface area (Å²) in [5.41, 5.74) is 11.7. The summed E-state index contributed by atoms with van der Waals surface area (Å²) in [4.78, 5) is 15.2. The second-order valence-corrected chi connectivity index (χ2v) is 12.0. The predicted octanol–water partition coefficient (Wildman–Crippen LogP) is 11.7. The van der Waals surface area contributed by atoms with E-state index in [1.165, 1.54) is 21.9 Å². The van der Waals surface area contributed by atoms with E-state index in [4.69, 9.17) is 15.0 Å². The Hall–Kier alpha value is -6.45. The van der Waals surface area contributed by atoms with Crippen LogP contribution in [0.2, 0.25) is 0 Å². The Morgan fingerprint density at radius 2 is 0.750 bits per heavy atom. The SMILES string of the molecule is c1ccc(-c2nc(-c3ccc(-c4ccc(-c5nc6ccccc6c6c(-c7ccccc7)cccc56)cc4)cc3)nc3ccccc23)cc1. The summed E-state index contributed by atoms with van der Waals surface area (Å²) in [5.74, 6) is 0.721. The van der Waals surface area contributed by atoms with Crippen LogP contribution in [0.1, 0.15) is 0 Å². The van der Waals surface area contributed by atoms with Gasteiger partial charge in [-0.05, 0) is 34.4 Å². The number of para-hydroxylation sites is 2. The molecule has 2 heterocycles. The van der Waals surface area contributed by atoms with Gasteiger partial charge < -0.3 is 0 Å². The molecule has 0 amide bonds. The molecular weight excluding hydrogens is 583 g/mol. The standard InChI is InChI=1S/C45H29N3/c1-3-12-32(13-4-1)36-18-11-19-39-42(36)37-16-7-9-20-40(37)46-44(39)34-26-22-30(23-27-34)31-24-28-35(29-25-31)45-47-41-21-10-8-17-38(41)43(48-45)33-14-5-2-6-15-33/h1-29H. The highest BCUT2D eigenvalue weighted by atomic mass is 14.9. The first-order chi connectivity index (χ1) is 23.8. The molecule has 0 saturated heterocycles. The lowest BCUT2D eigenvalue weighted by atomic mass is 9.92. The van der Waals surface area contributed by atoms with Crippen LogP contribution in [0.4, 0.5) is 0 Å². The van der Waals surface area contributed by atoms with Gasteiger partial charge in [0.1, 0.15) is 0 Å². The van der Waals surface area contributed by atoms with E-state index in [1.807, 2.05) is 30.3 Å². The Morgan fingerprint density at radius 3 is 1.44 bits per heavy atom. The molecule has 0 N–H and O–H groups in total. The van der Waals surface area contributed by atoms with Crippen LogP contribution in [0.5, 0.6) is 0 Å². The molecule has 0 saturated carbocycles. The van der Waals surface area contributed by atoms with Crippen molar-refractivity contribution in [3.05, 3.63) is 176 Å². The van der Waals surface area contributed by atoms with Gasteiger partial charge >= 0.3 is 0 Å². The van der Waals surface area contributed by atoms with E-state index in [9.17, 15) is 0 Å². The van der Waals surface area contributed by atoms with E-state index in [-0.39, 0.29) is 0 Å². The molecule has 0 atom stereocenters. The van der Waals surface area contributed by atoms with E-state index in [0.717, 1.165) is 66.8 Å². The van der Waals surface area contributed by atoms with Crippen LogP contribution in [-0.2, 0) is 0 Å². The first-order valence-corrected chi connectivity index (χ1v) is 16.2. The lowest BCUT2D eigenvalue weighted by molar-refractivity contribution is 1.23. The van der Waals surface area contributed by atoms with E-state index in [2.05, 4.69) is 146 Å². The van der Waals surface area contributed by atoms with Crippen LogP contribution in [-0.4, -0.2) is 15.0 Å². The molecule has 0 bridgehead atoms. The molecule has 9 rings (SSSR count). The fraction of sp³-hybridized carbons (Fsp3) is 0. The Balaban J connectivity index is 1.09. The van der Waals surface area contributed by atoms with Crippen LogP contribution >= 0.6 is 0 Å². The van der Waals surface area contributed by atoms with E-state index in [1.54, 1.807) is 0 Å². The minimum absolute atomic E-state index is 0.721. The number of benzene rings is 7. The van der Waals surface area contributed by atoms with Crippen molar-refractivity contribution >= 4 is 32.6 Å². The van der Waals surface area contributed by atoms with Crippen molar-refractivity contribution in [2.24, 2.45) is 0 Å². The van der Waals surface area contributed by atoms with Crippen molar-refractivity contribution in [1.29, 1.82) is 0 Å². The van der Waals surface area contributed by atoms with E-state index in [0.29, 0.717) is 0 Å². The van der Waals surface area contributed by atoms with Crippen LogP contribution in [0.3, 0.4) is 0 Å². The van der Waals surface area contributed by atoms with Gasteiger partial charge in [0.15, 0.2) is 5.82 Å². The highest BCUT2D eigenvalue weighted by molar-refractivity contribution is 6.17. The van der Waals surface area contributed by atoms with Gasteiger partial charge in [-0.1, -0.05) is 164 Å². The molecule has 0 fully saturated rings. The van der Waals surface area contributed by atoms with Crippen molar-refractivity contribution < 1.29 is 0 Å². The van der Waals surface area contributed by atoms with Gasteiger partial charge in [-0.2, -0.15) is 0 Å². The van der Waals surface area contributed by atoms with Crippen LogP contribution in [0.15, 0.2) is 176 Å². The third-order valence-electron chi connectivity index (χ3n) is 9.10. The maximum atomic E-state index is 5.19. The fourth-order valence-corrected chi connectivity index (χ4v) is 6.74. The molecular formula is C45H29N3. The number of hydrogen-bond donors (Lipinski definition) is 0. The lowest BCUT2D eigenvalue weighted by Crippen LogP contribution is -1.95. The van der Waals surface area contributed by atoms with Crippen LogP contribution in [0.25, 0.3) is 88.7 Å². The predicted molar refractivity (Wildman–Crippen MR) is 200 cm³/mol. The van der Waals surface area contributed by atoms with Gasteiger partial charge in [-0.15, -0.1) is 0 Å². The molecule has 0 aliphatic rings. The van der Waals surface area contributed by atoms with Crippen molar-refractivity contribution in [2.45, 2.75) is 0 Å². The topological polar surface area (TPSA) is 38.7 Å². The zero-order chi connectivity index (χ0) is 31.9. The molecule has 3 nitrogen and oxygen atoms in total. The van der Waals surface area contributed by atoms with Gasteiger partial charge in [-0.25, -0.2) is 15.0 Å². The summed E-state index contributed by atoms with van der Waals surface area (Å²) in [6.07, 6.45) is 0. The molecule has 224 valence electrons. The van der Waals surface area contributed by atoms with Crippen LogP contribution < -0.4 is 0 Å². The first kappa shape index (κ1) is 27.8. The minimum Gasteiger partial charge on any atom is -0.247 e. The minimum atomic E-state index is 0.721. The lowest BCUT2D eigenvalue weighted by Gasteiger charge is -2.14. The summed E-state index contributed by atoms with van der Waals surface area (Å²) >= 11 is 0. The molecule has 2 aromatic heterocycles. The second kappa shape index (κ2) is 11.7. The van der Waals surface area contributed by atoms with Gasteiger partial charge in [0.2, 0.25) is 0 Å². The zero-order valence-electron chi connectivity index (χ0n) is 26.1. The van der Waals surface area contributed by atoms with E-state index < -0.39 is 0 Å². The maximum Gasteiger partial charge on any atom is 0.160 e. The summed E-state index contributed by atoms with van der Waals surface area (Å²) in [6, 6.07) is 61.4. The van der Waals surface area contributed by atoms with E-state index >= 15 is 0 Å². The molecule has 0 radical (unpaired) electrons.